The second kappa shape index (κ2) is 5.36. The monoisotopic (exact) mass is 277 g/mol. The van der Waals surface area contributed by atoms with Gasteiger partial charge in [-0.2, -0.15) is 0 Å². The first-order chi connectivity index (χ1) is 9.61. The van der Waals surface area contributed by atoms with Crippen molar-refractivity contribution >= 4 is 5.69 Å². The minimum atomic E-state index is -0.756. The summed E-state index contributed by atoms with van der Waals surface area (Å²) in [5.74, 6) is -0.293. The Bertz CT molecular complexity index is 470. The Balaban J connectivity index is 1.80. The fourth-order valence-corrected chi connectivity index (χ4v) is 4.06. The lowest BCUT2D eigenvalue weighted by Gasteiger charge is -2.41. The van der Waals surface area contributed by atoms with Crippen LogP contribution in [-0.2, 0) is 0 Å². The predicted molar refractivity (Wildman–Crippen MR) is 79.4 cm³/mol. The van der Waals surface area contributed by atoms with E-state index >= 15 is 0 Å². The molecule has 2 aliphatic rings. The van der Waals surface area contributed by atoms with Crippen molar-refractivity contribution in [2.24, 2.45) is 5.41 Å². The zero-order chi connectivity index (χ0) is 14.2. The van der Waals surface area contributed by atoms with Gasteiger partial charge in [-0.3, -0.25) is 0 Å². The van der Waals surface area contributed by atoms with Gasteiger partial charge >= 0.3 is 0 Å². The smallest absolute Gasteiger partial charge is 0.131 e. The summed E-state index contributed by atoms with van der Waals surface area (Å²) in [4.78, 5) is 2.26. The maximum atomic E-state index is 14.0. The van der Waals surface area contributed by atoms with E-state index in [1.165, 1.54) is 44.6 Å². The molecule has 1 saturated heterocycles. The van der Waals surface area contributed by atoms with E-state index in [1.807, 2.05) is 6.07 Å². The van der Waals surface area contributed by atoms with E-state index in [0.29, 0.717) is 11.0 Å². The summed E-state index contributed by atoms with van der Waals surface area (Å²) in [6.07, 6.45) is 7.15. The van der Waals surface area contributed by atoms with Gasteiger partial charge in [-0.05, 0) is 50.2 Å². The average molecular weight is 277 g/mol. The second-order valence-electron chi connectivity index (χ2n) is 6.54. The first-order valence-corrected chi connectivity index (χ1v) is 7.83. The highest BCUT2D eigenvalue weighted by molar-refractivity contribution is 5.55. The zero-order valence-corrected chi connectivity index (χ0v) is 12.2. The van der Waals surface area contributed by atoms with Crippen molar-refractivity contribution < 1.29 is 9.50 Å². The summed E-state index contributed by atoms with van der Waals surface area (Å²) >= 11 is 0. The van der Waals surface area contributed by atoms with Crippen LogP contribution >= 0.6 is 0 Å². The molecule has 0 bridgehead atoms. The molecule has 1 spiro atoms. The first-order valence-electron chi connectivity index (χ1n) is 7.83. The zero-order valence-electron chi connectivity index (χ0n) is 12.2. The van der Waals surface area contributed by atoms with Gasteiger partial charge in [0.15, 0.2) is 0 Å². The number of nitrogens with zero attached hydrogens (tertiary/aromatic N) is 1. The first kappa shape index (κ1) is 13.9. The largest absolute Gasteiger partial charge is 0.389 e. The Kier molecular flexibility index (Phi) is 3.72. The number of rotatable bonds is 2. The number of aliphatic hydroxyl groups excluding tert-OH is 1. The van der Waals surface area contributed by atoms with Gasteiger partial charge in [-0.25, -0.2) is 4.39 Å². The van der Waals surface area contributed by atoms with Gasteiger partial charge in [-0.1, -0.05) is 18.9 Å². The molecule has 20 heavy (non-hydrogen) atoms. The van der Waals surface area contributed by atoms with Gasteiger partial charge in [0, 0.05) is 24.3 Å². The lowest BCUT2D eigenvalue weighted by atomic mass is 9.77. The minimum Gasteiger partial charge on any atom is -0.389 e. The molecule has 1 aliphatic heterocycles. The van der Waals surface area contributed by atoms with Crippen molar-refractivity contribution in [3.05, 3.63) is 29.6 Å². The summed E-state index contributed by atoms with van der Waals surface area (Å²) < 4.78 is 14.0. The van der Waals surface area contributed by atoms with E-state index < -0.39 is 6.10 Å². The Morgan fingerprint density at radius 1 is 1.15 bits per heavy atom. The minimum absolute atomic E-state index is 0.293. The topological polar surface area (TPSA) is 23.5 Å². The van der Waals surface area contributed by atoms with Crippen molar-refractivity contribution in [3.8, 4) is 0 Å². The van der Waals surface area contributed by atoms with E-state index in [9.17, 15) is 9.50 Å². The normalized spacial score (nSPS) is 23.2. The molecule has 3 rings (SSSR count). The quantitative estimate of drug-likeness (QED) is 0.882. The van der Waals surface area contributed by atoms with Gasteiger partial charge in [-0.15, -0.1) is 0 Å². The van der Waals surface area contributed by atoms with Crippen molar-refractivity contribution in [1.29, 1.82) is 0 Å². The molecule has 2 fully saturated rings. The van der Waals surface area contributed by atoms with E-state index in [1.54, 1.807) is 13.0 Å². The molecule has 1 N–H and O–H groups in total. The van der Waals surface area contributed by atoms with Crippen LogP contribution in [0.3, 0.4) is 0 Å². The number of hydrogen-bond donors (Lipinski definition) is 1. The van der Waals surface area contributed by atoms with Crippen LogP contribution in [0.15, 0.2) is 18.2 Å². The van der Waals surface area contributed by atoms with Crippen LogP contribution < -0.4 is 4.90 Å². The Labute approximate surface area is 120 Å². The molecular weight excluding hydrogens is 253 g/mol. The van der Waals surface area contributed by atoms with Crippen molar-refractivity contribution in [3.63, 3.8) is 0 Å². The fourth-order valence-electron chi connectivity index (χ4n) is 4.06. The Hall–Kier alpha value is -1.09. The maximum absolute atomic E-state index is 14.0. The fraction of sp³-hybridized carbons (Fsp3) is 0.647. The molecule has 110 valence electrons. The molecule has 0 aromatic heterocycles. The van der Waals surface area contributed by atoms with E-state index in [0.717, 1.165) is 18.8 Å². The Morgan fingerprint density at radius 2 is 1.80 bits per heavy atom. The Morgan fingerprint density at radius 3 is 2.40 bits per heavy atom. The molecule has 1 aromatic carbocycles. The summed E-state index contributed by atoms with van der Waals surface area (Å²) in [6, 6.07) is 5.13. The van der Waals surface area contributed by atoms with Crippen LogP contribution in [0, 0.1) is 11.2 Å². The van der Waals surface area contributed by atoms with E-state index in [-0.39, 0.29) is 5.82 Å². The molecule has 0 amide bonds. The lowest BCUT2D eigenvalue weighted by Crippen LogP contribution is -2.39. The number of halogens is 1. The highest BCUT2D eigenvalue weighted by atomic mass is 19.1. The van der Waals surface area contributed by atoms with Gasteiger partial charge in [0.25, 0.3) is 0 Å². The summed E-state index contributed by atoms with van der Waals surface area (Å²) in [6.45, 7) is 3.62. The van der Waals surface area contributed by atoms with Crippen LogP contribution in [0.5, 0.6) is 0 Å². The highest BCUT2D eigenvalue weighted by Gasteiger charge is 2.37. The van der Waals surface area contributed by atoms with Gasteiger partial charge in [0.05, 0.1) is 6.10 Å². The number of anilines is 1. The molecular formula is C17H24FNO. The number of hydrogen-bond acceptors (Lipinski definition) is 2. The van der Waals surface area contributed by atoms with Crippen molar-refractivity contribution in [2.45, 2.75) is 51.6 Å². The van der Waals surface area contributed by atoms with E-state index in [2.05, 4.69) is 4.90 Å². The molecule has 1 heterocycles. The summed E-state index contributed by atoms with van der Waals surface area (Å²) in [5, 5.41) is 9.85. The van der Waals surface area contributed by atoms with E-state index in [4.69, 9.17) is 0 Å². The van der Waals surface area contributed by atoms with Gasteiger partial charge in [0.1, 0.15) is 5.82 Å². The van der Waals surface area contributed by atoms with Crippen LogP contribution in [0.25, 0.3) is 0 Å². The average Bonchev–Trinajstić information content (AvgIpc) is 2.87. The highest BCUT2D eigenvalue weighted by Crippen LogP contribution is 2.47. The number of piperidine rings is 1. The van der Waals surface area contributed by atoms with Crippen LogP contribution in [0.2, 0.25) is 0 Å². The molecule has 2 nitrogen and oxygen atoms in total. The molecule has 1 aliphatic carbocycles. The SMILES string of the molecule is C[C@@H](O)c1c(F)cccc1N1CCC2(CCCC2)CC1. The summed E-state index contributed by atoms with van der Waals surface area (Å²) in [7, 11) is 0. The van der Waals surface area contributed by atoms with Gasteiger partial charge in [0.2, 0.25) is 0 Å². The number of aliphatic hydroxyl groups is 1. The van der Waals surface area contributed by atoms with Crippen LogP contribution in [-0.4, -0.2) is 18.2 Å². The molecule has 1 aromatic rings. The lowest BCUT2D eigenvalue weighted by molar-refractivity contribution is 0.193. The maximum Gasteiger partial charge on any atom is 0.131 e. The second-order valence-corrected chi connectivity index (χ2v) is 6.54. The predicted octanol–water partition coefficient (Wildman–Crippen LogP) is 4.04. The molecule has 0 unspecified atom stereocenters. The molecule has 0 radical (unpaired) electrons. The third-order valence-corrected chi connectivity index (χ3v) is 5.28. The van der Waals surface area contributed by atoms with Crippen LogP contribution in [0.1, 0.15) is 57.1 Å². The molecule has 1 atom stereocenters. The number of benzene rings is 1. The molecule has 3 heteroatoms. The van der Waals surface area contributed by atoms with Gasteiger partial charge < -0.3 is 10.0 Å². The third-order valence-electron chi connectivity index (χ3n) is 5.28. The summed E-state index contributed by atoms with van der Waals surface area (Å²) in [5.41, 5.74) is 1.90. The third kappa shape index (κ3) is 2.44. The standard InChI is InChI=1S/C17H24FNO/c1-13(20)16-14(18)5-4-6-15(16)19-11-9-17(10-12-19)7-2-3-8-17/h4-6,13,20H,2-3,7-12H2,1H3/t13-/m1/s1. The van der Waals surface area contributed by atoms with Crippen molar-refractivity contribution in [2.75, 3.05) is 18.0 Å². The molecule has 1 saturated carbocycles. The van der Waals surface area contributed by atoms with Crippen LogP contribution in [0.4, 0.5) is 10.1 Å². The van der Waals surface area contributed by atoms with Crippen molar-refractivity contribution in [1.82, 2.24) is 0 Å².